The largest absolute Gasteiger partial charge is 0.349 e. The molecule has 0 N–H and O–H groups in total. The van der Waals surface area contributed by atoms with Crippen LogP contribution in [0.3, 0.4) is 0 Å². The summed E-state index contributed by atoms with van der Waals surface area (Å²) in [5.74, 6) is 0.0457. The van der Waals surface area contributed by atoms with Crippen LogP contribution in [-0.2, 0) is 14.3 Å². The fraction of sp³-hybridized carbons (Fsp3) is 0.700. The number of carbonyl (C=O) groups excluding carboxylic acids is 1. The Hall–Kier alpha value is -0.670. The lowest BCUT2D eigenvalue weighted by molar-refractivity contribution is -0.115. The Bertz CT molecular complexity index is 179. The number of hydrogen-bond acceptors (Lipinski definition) is 3. The first-order valence-corrected chi connectivity index (χ1v) is 4.54. The second-order valence-corrected chi connectivity index (χ2v) is 2.68. The van der Waals surface area contributed by atoms with Gasteiger partial charge < -0.3 is 9.47 Å². The number of rotatable bonds is 6. The van der Waals surface area contributed by atoms with E-state index in [1.54, 1.807) is 13.0 Å². The quantitative estimate of drug-likeness (QED) is 0.469. The number of allylic oxidation sites excluding steroid dienone is 1. The Morgan fingerprint density at radius 3 is 2.00 bits per heavy atom. The van der Waals surface area contributed by atoms with Crippen molar-refractivity contribution in [1.82, 2.24) is 0 Å². The molecular weight excluding hydrogens is 168 g/mol. The summed E-state index contributed by atoms with van der Waals surface area (Å²) in [6.45, 7) is 8.22. The monoisotopic (exact) mass is 186 g/mol. The first-order chi connectivity index (χ1) is 6.11. The third-order valence-electron chi connectivity index (χ3n) is 1.60. The molecule has 13 heavy (non-hydrogen) atoms. The van der Waals surface area contributed by atoms with Crippen LogP contribution in [-0.4, -0.2) is 25.3 Å². The van der Waals surface area contributed by atoms with Crippen LogP contribution >= 0.6 is 0 Å². The fourth-order valence-electron chi connectivity index (χ4n) is 0.794. The normalized spacial score (nSPS) is 12.2. The van der Waals surface area contributed by atoms with Gasteiger partial charge in [-0.15, -0.1) is 0 Å². The van der Waals surface area contributed by atoms with Gasteiger partial charge in [0.25, 0.3) is 0 Å². The van der Waals surface area contributed by atoms with E-state index in [0.29, 0.717) is 18.8 Å². The molecule has 0 rings (SSSR count). The average Bonchev–Trinajstić information content (AvgIpc) is 2.05. The van der Waals surface area contributed by atoms with E-state index >= 15 is 0 Å². The molecule has 0 aromatic rings. The summed E-state index contributed by atoms with van der Waals surface area (Å²) in [6.07, 6.45) is 1.31. The number of hydrogen-bond donors (Lipinski definition) is 0. The molecule has 76 valence electrons. The van der Waals surface area contributed by atoms with Gasteiger partial charge in [0.15, 0.2) is 12.1 Å². The van der Waals surface area contributed by atoms with Crippen LogP contribution in [0.5, 0.6) is 0 Å². The first-order valence-electron chi connectivity index (χ1n) is 4.54. The predicted molar refractivity (Wildman–Crippen MR) is 51.5 cm³/mol. The van der Waals surface area contributed by atoms with Crippen molar-refractivity contribution in [3.05, 3.63) is 11.6 Å². The minimum absolute atomic E-state index is 0.0457. The SMILES string of the molecule is CCOC(/C=C(\C)C(C)=O)OCC. The third-order valence-corrected chi connectivity index (χ3v) is 1.60. The van der Waals surface area contributed by atoms with Crippen LogP contribution < -0.4 is 0 Å². The highest BCUT2D eigenvalue weighted by atomic mass is 16.7. The maximum Gasteiger partial charge on any atom is 0.177 e. The van der Waals surface area contributed by atoms with Gasteiger partial charge in [0.2, 0.25) is 0 Å². The highest BCUT2D eigenvalue weighted by molar-refractivity contribution is 5.92. The molecule has 0 radical (unpaired) electrons. The minimum atomic E-state index is -0.390. The van der Waals surface area contributed by atoms with Crippen LogP contribution in [0.15, 0.2) is 11.6 Å². The van der Waals surface area contributed by atoms with Gasteiger partial charge >= 0.3 is 0 Å². The molecule has 0 aromatic carbocycles. The van der Waals surface area contributed by atoms with Crippen LogP contribution in [0, 0.1) is 0 Å². The molecule has 0 aliphatic rings. The standard InChI is InChI=1S/C10H18O3/c1-5-12-10(13-6-2)7-8(3)9(4)11/h7,10H,5-6H2,1-4H3/b8-7+. The second kappa shape index (κ2) is 6.80. The lowest BCUT2D eigenvalue weighted by Gasteiger charge is -2.13. The zero-order valence-electron chi connectivity index (χ0n) is 8.79. The number of ether oxygens (including phenoxy) is 2. The van der Waals surface area contributed by atoms with Crippen molar-refractivity contribution in [3.8, 4) is 0 Å². The Balaban J connectivity index is 4.20. The molecular formula is C10H18O3. The van der Waals surface area contributed by atoms with E-state index in [4.69, 9.17) is 9.47 Å². The molecule has 0 saturated heterocycles. The Morgan fingerprint density at radius 2 is 1.69 bits per heavy atom. The van der Waals surface area contributed by atoms with E-state index in [2.05, 4.69) is 0 Å². The summed E-state index contributed by atoms with van der Waals surface area (Å²) in [5.41, 5.74) is 0.673. The Kier molecular flexibility index (Phi) is 6.45. The first kappa shape index (κ1) is 12.3. The van der Waals surface area contributed by atoms with Crippen molar-refractivity contribution in [2.75, 3.05) is 13.2 Å². The van der Waals surface area contributed by atoms with Crippen LogP contribution in [0.25, 0.3) is 0 Å². The summed E-state index contributed by atoms with van der Waals surface area (Å²) in [5, 5.41) is 0. The van der Waals surface area contributed by atoms with Crippen molar-refractivity contribution < 1.29 is 14.3 Å². The summed E-state index contributed by atoms with van der Waals surface area (Å²) < 4.78 is 10.5. The molecule has 0 fully saturated rings. The number of Topliss-reactive ketones (excluding diaryl/α,β-unsaturated/α-hetero) is 1. The van der Waals surface area contributed by atoms with Crippen molar-refractivity contribution in [3.63, 3.8) is 0 Å². The summed E-state index contributed by atoms with van der Waals surface area (Å²) >= 11 is 0. The molecule has 0 aliphatic heterocycles. The summed E-state index contributed by atoms with van der Waals surface area (Å²) in [4.78, 5) is 10.9. The molecule has 3 heteroatoms. The zero-order chi connectivity index (χ0) is 10.3. The Labute approximate surface area is 79.7 Å². The van der Waals surface area contributed by atoms with Gasteiger partial charge in [-0.25, -0.2) is 0 Å². The van der Waals surface area contributed by atoms with Gasteiger partial charge in [-0.1, -0.05) is 0 Å². The van der Waals surface area contributed by atoms with Gasteiger partial charge in [-0.3, -0.25) is 4.79 Å². The highest BCUT2D eigenvalue weighted by Crippen LogP contribution is 2.03. The number of carbonyl (C=O) groups is 1. The van der Waals surface area contributed by atoms with E-state index in [0.717, 1.165) is 0 Å². The molecule has 0 spiro atoms. The van der Waals surface area contributed by atoms with Crippen LogP contribution in [0.1, 0.15) is 27.7 Å². The zero-order valence-corrected chi connectivity index (χ0v) is 8.79. The van der Waals surface area contributed by atoms with E-state index in [9.17, 15) is 4.79 Å². The molecule has 0 unspecified atom stereocenters. The molecule has 0 amide bonds. The van der Waals surface area contributed by atoms with Crippen LogP contribution in [0.2, 0.25) is 0 Å². The Morgan fingerprint density at radius 1 is 1.23 bits per heavy atom. The smallest absolute Gasteiger partial charge is 0.177 e. The van der Waals surface area contributed by atoms with E-state index in [1.807, 2.05) is 13.8 Å². The van der Waals surface area contributed by atoms with Crippen molar-refractivity contribution in [2.45, 2.75) is 34.0 Å². The second-order valence-electron chi connectivity index (χ2n) is 2.68. The van der Waals surface area contributed by atoms with Crippen LogP contribution in [0.4, 0.5) is 0 Å². The average molecular weight is 186 g/mol. The van der Waals surface area contributed by atoms with Gasteiger partial charge in [-0.05, 0) is 39.3 Å². The topological polar surface area (TPSA) is 35.5 Å². The summed E-state index contributed by atoms with van der Waals surface area (Å²) in [6, 6.07) is 0. The van der Waals surface area contributed by atoms with E-state index in [1.165, 1.54) is 6.92 Å². The van der Waals surface area contributed by atoms with E-state index < -0.39 is 0 Å². The number of ketones is 1. The molecule has 0 saturated carbocycles. The molecule has 0 aliphatic carbocycles. The lowest BCUT2D eigenvalue weighted by atomic mass is 10.2. The van der Waals surface area contributed by atoms with Crippen molar-refractivity contribution in [2.24, 2.45) is 0 Å². The summed E-state index contributed by atoms with van der Waals surface area (Å²) in [7, 11) is 0. The third kappa shape index (κ3) is 5.55. The molecule has 0 aromatic heterocycles. The highest BCUT2D eigenvalue weighted by Gasteiger charge is 2.05. The van der Waals surface area contributed by atoms with Gasteiger partial charge in [0, 0.05) is 13.2 Å². The van der Waals surface area contributed by atoms with Gasteiger partial charge in [0.1, 0.15) is 0 Å². The molecule has 3 nitrogen and oxygen atoms in total. The van der Waals surface area contributed by atoms with Gasteiger partial charge in [-0.2, -0.15) is 0 Å². The van der Waals surface area contributed by atoms with E-state index in [-0.39, 0.29) is 12.1 Å². The maximum atomic E-state index is 10.9. The lowest BCUT2D eigenvalue weighted by Crippen LogP contribution is -2.15. The molecule has 0 atom stereocenters. The minimum Gasteiger partial charge on any atom is -0.349 e. The predicted octanol–water partition coefficient (Wildman–Crippen LogP) is 1.92. The molecule has 0 heterocycles. The fourth-order valence-corrected chi connectivity index (χ4v) is 0.794. The maximum absolute atomic E-state index is 10.9. The van der Waals surface area contributed by atoms with Gasteiger partial charge in [0.05, 0.1) is 0 Å². The van der Waals surface area contributed by atoms with Crippen molar-refractivity contribution >= 4 is 5.78 Å². The van der Waals surface area contributed by atoms with Crippen molar-refractivity contribution in [1.29, 1.82) is 0 Å². The molecule has 0 bridgehead atoms.